The molecule has 1 aromatic heterocycles. The van der Waals surface area contributed by atoms with E-state index in [2.05, 4.69) is 10.3 Å². The molecule has 0 radical (unpaired) electrons. The van der Waals surface area contributed by atoms with Gasteiger partial charge in [0.15, 0.2) is 5.13 Å². The lowest BCUT2D eigenvalue weighted by Crippen LogP contribution is -2.31. The van der Waals surface area contributed by atoms with Gasteiger partial charge in [0, 0.05) is 35.9 Å². The van der Waals surface area contributed by atoms with Gasteiger partial charge in [-0.1, -0.05) is 11.3 Å². The van der Waals surface area contributed by atoms with Crippen LogP contribution in [0.3, 0.4) is 0 Å². The highest BCUT2D eigenvalue weighted by atomic mass is 32.1. The number of rotatable bonds is 4. The number of nitrogens with one attached hydrogen (secondary N) is 1. The first-order valence-electron chi connectivity index (χ1n) is 6.41. The number of aliphatic carboxylic acids is 1. The molecule has 8 heteroatoms. The van der Waals surface area contributed by atoms with Gasteiger partial charge in [0.2, 0.25) is 11.8 Å². The molecule has 2 rings (SSSR count). The van der Waals surface area contributed by atoms with Gasteiger partial charge in [-0.15, -0.1) is 0 Å². The Balaban J connectivity index is 1.90. The molecular formula is C13H14F2N2O3S. The molecule has 1 aromatic rings. The van der Waals surface area contributed by atoms with Crippen LogP contribution in [0.15, 0.2) is 12.3 Å². The Hall–Kier alpha value is -1.83. The first-order chi connectivity index (χ1) is 9.85. The summed E-state index contributed by atoms with van der Waals surface area (Å²) in [4.78, 5) is 26.9. The third kappa shape index (κ3) is 4.59. The molecule has 1 saturated carbocycles. The molecular weight excluding hydrogens is 302 g/mol. The highest BCUT2D eigenvalue weighted by Gasteiger charge is 2.37. The number of alkyl halides is 2. The number of nitrogens with zero attached hydrogens (tertiary/aromatic N) is 1. The molecule has 0 saturated heterocycles. The molecule has 0 spiro atoms. The van der Waals surface area contributed by atoms with Gasteiger partial charge in [-0.25, -0.2) is 18.6 Å². The molecule has 0 atom stereocenters. The number of anilines is 1. The van der Waals surface area contributed by atoms with E-state index in [4.69, 9.17) is 5.11 Å². The third-order valence-electron chi connectivity index (χ3n) is 3.23. The number of thiazole rings is 1. The smallest absolute Gasteiger partial charge is 0.328 e. The summed E-state index contributed by atoms with van der Waals surface area (Å²) in [6.07, 6.45) is 3.57. The quantitative estimate of drug-likeness (QED) is 0.837. The fourth-order valence-corrected chi connectivity index (χ4v) is 2.81. The monoisotopic (exact) mass is 316 g/mol. The Labute approximate surface area is 123 Å². The standard InChI is InChI=1S/C13H14F2N2O3S/c14-13(15)5-3-8(4-6-13)11(20)17-12-16-7-9(21-12)1-2-10(18)19/h1-2,7-8H,3-6H2,(H,18,19)(H,16,17,20)/b2-1+. The van der Waals surface area contributed by atoms with Gasteiger partial charge < -0.3 is 10.4 Å². The summed E-state index contributed by atoms with van der Waals surface area (Å²) in [7, 11) is 0. The van der Waals surface area contributed by atoms with Crippen molar-refractivity contribution in [2.75, 3.05) is 5.32 Å². The molecule has 114 valence electrons. The van der Waals surface area contributed by atoms with Crippen molar-refractivity contribution in [2.45, 2.75) is 31.6 Å². The van der Waals surface area contributed by atoms with Gasteiger partial charge in [-0.05, 0) is 18.9 Å². The van der Waals surface area contributed by atoms with Crippen LogP contribution in [0.25, 0.3) is 6.08 Å². The first kappa shape index (κ1) is 15.6. The molecule has 0 aliphatic heterocycles. The Bertz CT molecular complexity index is 562. The van der Waals surface area contributed by atoms with Gasteiger partial charge >= 0.3 is 5.97 Å². The zero-order valence-electron chi connectivity index (χ0n) is 11.0. The van der Waals surface area contributed by atoms with Crippen LogP contribution < -0.4 is 5.32 Å². The van der Waals surface area contributed by atoms with E-state index in [1.54, 1.807) is 0 Å². The number of aromatic nitrogens is 1. The number of carbonyl (C=O) groups is 2. The fraction of sp³-hybridized carbons (Fsp3) is 0.462. The van der Waals surface area contributed by atoms with Crippen LogP contribution in [-0.4, -0.2) is 27.9 Å². The Morgan fingerprint density at radius 2 is 2.10 bits per heavy atom. The van der Waals surface area contributed by atoms with E-state index in [1.807, 2.05) is 0 Å². The van der Waals surface area contributed by atoms with Gasteiger partial charge in [-0.2, -0.15) is 0 Å². The van der Waals surface area contributed by atoms with Crippen molar-refractivity contribution in [3.8, 4) is 0 Å². The predicted molar refractivity (Wildman–Crippen MR) is 74.3 cm³/mol. The number of halogens is 2. The minimum atomic E-state index is -2.66. The van der Waals surface area contributed by atoms with Crippen molar-refractivity contribution in [3.63, 3.8) is 0 Å². The summed E-state index contributed by atoms with van der Waals surface area (Å²) in [5.74, 6) is -4.47. The lowest BCUT2D eigenvalue weighted by molar-refractivity contribution is -0.131. The molecule has 0 aromatic carbocycles. The van der Waals surface area contributed by atoms with Crippen LogP contribution >= 0.6 is 11.3 Å². The molecule has 1 heterocycles. The maximum absolute atomic E-state index is 13.0. The van der Waals surface area contributed by atoms with Crippen molar-refractivity contribution >= 4 is 34.4 Å². The number of hydrogen-bond acceptors (Lipinski definition) is 4. The van der Waals surface area contributed by atoms with E-state index in [9.17, 15) is 18.4 Å². The number of hydrogen-bond donors (Lipinski definition) is 2. The zero-order chi connectivity index (χ0) is 15.5. The Kier molecular flexibility index (Phi) is 4.66. The van der Waals surface area contributed by atoms with Gasteiger partial charge in [0.05, 0.1) is 0 Å². The molecule has 0 bridgehead atoms. The van der Waals surface area contributed by atoms with E-state index < -0.39 is 17.8 Å². The first-order valence-corrected chi connectivity index (χ1v) is 7.23. The average molecular weight is 316 g/mol. The van der Waals surface area contributed by atoms with Gasteiger partial charge in [0.1, 0.15) is 0 Å². The molecule has 1 amide bonds. The third-order valence-corrected chi connectivity index (χ3v) is 4.11. The molecule has 1 fully saturated rings. The molecule has 21 heavy (non-hydrogen) atoms. The van der Waals surface area contributed by atoms with Crippen molar-refractivity contribution in [1.29, 1.82) is 0 Å². The van der Waals surface area contributed by atoms with Crippen LogP contribution in [0.4, 0.5) is 13.9 Å². The van der Waals surface area contributed by atoms with Crippen molar-refractivity contribution in [2.24, 2.45) is 5.92 Å². The number of carboxylic acids is 1. The van der Waals surface area contributed by atoms with Crippen LogP contribution in [0, 0.1) is 5.92 Å². The fourth-order valence-electron chi connectivity index (χ4n) is 2.08. The second-order valence-electron chi connectivity index (χ2n) is 4.86. The average Bonchev–Trinajstić information content (AvgIpc) is 2.83. The van der Waals surface area contributed by atoms with Crippen LogP contribution in [0.1, 0.15) is 30.6 Å². The van der Waals surface area contributed by atoms with Gasteiger partial charge in [0.25, 0.3) is 0 Å². The zero-order valence-corrected chi connectivity index (χ0v) is 11.8. The molecule has 0 unspecified atom stereocenters. The number of carbonyl (C=O) groups excluding carboxylic acids is 1. The maximum atomic E-state index is 13.0. The van der Waals surface area contributed by atoms with E-state index in [0.29, 0.717) is 10.0 Å². The lowest BCUT2D eigenvalue weighted by Gasteiger charge is -2.26. The summed E-state index contributed by atoms with van der Waals surface area (Å²) >= 11 is 1.13. The van der Waals surface area contributed by atoms with Crippen LogP contribution in [-0.2, 0) is 9.59 Å². The minimum Gasteiger partial charge on any atom is -0.478 e. The highest BCUT2D eigenvalue weighted by molar-refractivity contribution is 7.16. The highest BCUT2D eigenvalue weighted by Crippen LogP contribution is 2.36. The predicted octanol–water partition coefficient (Wildman–Crippen LogP) is 3.00. The van der Waals surface area contributed by atoms with E-state index in [0.717, 1.165) is 17.4 Å². The Morgan fingerprint density at radius 1 is 1.43 bits per heavy atom. The molecule has 1 aliphatic carbocycles. The minimum absolute atomic E-state index is 0.163. The SMILES string of the molecule is O=C(O)/C=C/c1cnc(NC(=O)C2CCC(F)(F)CC2)s1. The summed E-state index contributed by atoms with van der Waals surface area (Å²) in [6, 6.07) is 0. The van der Waals surface area contributed by atoms with Crippen molar-refractivity contribution in [3.05, 3.63) is 17.2 Å². The topological polar surface area (TPSA) is 79.3 Å². The van der Waals surface area contributed by atoms with Crippen molar-refractivity contribution < 1.29 is 23.5 Å². The summed E-state index contributed by atoms with van der Waals surface area (Å²) in [5, 5.41) is 11.4. The summed E-state index contributed by atoms with van der Waals surface area (Å²) in [5.41, 5.74) is 0. The lowest BCUT2D eigenvalue weighted by atomic mass is 9.86. The second kappa shape index (κ2) is 6.30. The normalized spacial score (nSPS) is 18.8. The molecule has 2 N–H and O–H groups in total. The maximum Gasteiger partial charge on any atom is 0.328 e. The van der Waals surface area contributed by atoms with Gasteiger partial charge in [-0.3, -0.25) is 4.79 Å². The van der Waals surface area contributed by atoms with E-state index >= 15 is 0 Å². The Morgan fingerprint density at radius 3 is 2.71 bits per heavy atom. The van der Waals surface area contributed by atoms with Crippen LogP contribution in [0.2, 0.25) is 0 Å². The second-order valence-corrected chi connectivity index (χ2v) is 5.92. The number of amides is 1. The summed E-state index contributed by atoms with van der Waals surface area (Å²) < 4.78 is 26.0. The van der Waals surface area contributed by atoms with E-state index in [1.165, 1.54) is 12.3 Å². The largest absolute Gasteiger partial charge is 0.478 e. The number of carboxylic acid groups (broad SMARTS) is 1. The van der Waals surface area contributed by atoms with E-state index in [-0.39, 0.29) is 31.6 Å². The molecule has 1 aliphatic rings. The van der Waals surface area contributed by atoms with Crippen molar-refractivity contribution in [1.82, 2.24) is 4.98 Å². The molecule has 5 nitrogen and oxygen atoms in total. The summed E-state index contributed by atoms with van der Waals surface area (Å²) in [6.45, 7) is 0. The van der Waals surface area contributed by atoms with Crippen LogP contribution in [0.5, 0.6) is 0 Å².